The minimum Gasteiger partial charge on any atom is -0.371 e. The second-order valence-electron chi connectivity index (χ2n) is 16.7. The summed E-state index contributed by atoms with van der Waals surface area (Å²) in [5.74, 6) is -0.0557. The van der Waals surface area contributed by atoms with Crippen molar-refractivity contribution in [2.45, 2.75) is 56.9 Å². The number of hydrogen-bond donors (Lipinski definition) is 3. The molecule has 0 radical (unpaired) electrons. The fraction of sp³-hybridized carbons (Fsp3) is 0.422. The van der Waals surface area contributed by atoms with E-state index in [1.54, 1.807) is 17.2 Å². The quantitative estimate of drug-likeness (QED) is 0.150. The number of hydrogen-bond acceptors (Lipinski definition) is 7. The number of benzene rings is 3. The van der Waals surface area contributed by atoms with Crippen molar-refractivity contribution >= 4 is 68.3 Å². The summed E-state index contributed by atoms with van der Waals surface area (Å²) in [4.78, 5) is 49.2. The van der Waals surface area contributed by atoms with Crippen molar-refractivity contribution in [1.29, 1.82) is 5.26 Å². The van der Waals surface area contributed by atoms with Gasteiger partial charge in [-0.15, -0.1) is 0 Å². The van der Waals surface area contributed by atoms with Crippen LogP contribution in [-0.4, -0.2) is 90.7 Å². The minimum atomic E-state index is -0.496. The minimum absolute atomic E-state index is 0.0671. The van der Waals surface area contributed by atoms with Gasteiger partial charge in [-0.2, -0.15) is 5.26 Å². The molecule has 9 rings (SSSR count). The molecule has 4 amide bonds. The van der Waals surface area contributed by atoms with E-state index in [1.807, 2.05) is 24.3 Å². The summed E-state index contributed by atoms with van der Waals surface area (Å²) < 4.78 is 17.8. The monoisotopic (exact) mass is 817 g/mol. The maximum atomic E-state index is 15.5. The molecule has 2 aromatic heterocycles. The zero-order valence-corrected chi connectivity index (χ0v) is 34.0. The lowest BCUT2D eigenvalue weighted by Crippen LogP contribution is -2.49. The Morgan fingerprint density at radius 2 is 1.64 bits per heavy atom. The van der Waals surface area contributed by atoms with Gasteiger partial charge >= 0.3 is 6.03 Å². The van der Waals surface area contributed by atoms with Crippen LogP contribution >= 0.6 is 11.6 Å². The molecule has 0 unspecified atom stereocenters. The molecule has 3 N–H and O–H groups in total. The number of amides is 4. The van der Waals surface area contributed by atoms with Crippen LogP contribution in [0.5, 0.6) is 0 Å². The van der Waals surface area contributed by atoms with Crippen molar-refractivity contribution in [2.75, 3.05) is 67.1 Å². The molecule has 4 fully saturated rings. The Kier molecular flexibility index (Phi) is 10.7. The summed E-state index contributed by atoms with van der Waals surface area (Å²) in [6, 6.07) is 18.9. The first-order chi connectivity index (χ1) is 28.6. The number of fused-ring (bicyclic) bond motifs is 2. The van der Waals surface area contributed by atoms with Gasteiger partial charge in [-0.05, 0) is 106 Å². The van der Waals surface area contributed by atoms with Crippen molar-refractivity contribution in [2.24, 2.45) is 13.0 Å². The van der Waals surface area contributed by atoms with Crippen LogP contribution in [0.2, 0.25) is 5.02 Å². The summed E-state index contributed by atoms with van der Waals surface area (Å²) >= 11 is 6.40. The summed E-state index contributed by atoms with van der Waals surface area (Å²) in [7, 11) is 2.11. The van der Waals surface area contributed by atoms with Crippen molar-refractivity contribution in [3.05, 3.63) is 88.5 Å². The zero-order chi connectivity index (χ0) is 40.8. The smallest absolute Gasteiger partial charge is 0.328 e. The van der Waals surface area contributed by atoms with E-state index in [1.165, 1.54) is 11.8 Å². The van der Waals surface area contributed by atoms with Gasteiger partial charge in [0.1, 0.15) is 11.9 Å². The van der Waals surface area contributed by atoms with E-state index in [0.717, 1.165) is 97.3 Å². The van der Waals surface area contributed by atoms with E-state index in [0.29, 0.717) is 61.3 Å². The number of H-pyrrole nitrogens is 1. The van der Waals surface area contributed by atoms with Gasteiger partial charge in [0.2, 0.25) is 5.91 Å². The lowest BCUT2D eigenvalue weighted by atomic mass is 9.91. The van der Waals surface area contributed by atoms with Crippen molar-refractivity contribution in [3.8, 4) is 6.07 Å². The highest BCUT2D eigenvalue weighted by molar-refractivity contribution is 6.36. The van der Waals surface area contributed by atoms with Gasteiger partial charge in [0, 0.05) is 98.7 Å². The van der Waals surface area contributed by atoms with Gasteiger partial charge in [0.25, 0.3) is 5.91 Å². The number of rotatable bonds is 8. The lowest BCUT2D eigenvalue weighted by molar-refractivity contribution is -0.120. The molecule has 0 spiro atoms. The molecule has 4 saturated heterocycles. The zero-order valence-electron chi connectivity index (χ0n) is 33.3. The predicted molar refractivity (Wildman–Crippen MR) is 229 cm³/mol. The molecule has 3 aromatic carbocycles. The van der Waals surface area contributed by atoms with Gasteiger partial charge in [-0.1, -0.05) is 17.7 Å². The molecule has 14 heteroatoms. The first-order valence-electron chi connectivity index (χ1n) is 20.9. The molecule has 4 aliphatic heterocycles. The second kappa shape index (κ2) is 16.2. The van der Waals surface area contributed by atoms with Crippen LogP contribution in [0.25, 0.3) is 21.8 Å². The number of imide groups is 1. The number of aromatic amines is 1. The van der Waals surface area contributed by atoms with Crippen LogP contribution < -0.4 is 25.3 Å². The fourth-order valence-electron chi connectivity index (χ4n) is 9.82. The third-order valence-corrected chi connectivity index (χ3v) is 13.5. The van der Waals surface area contributed by atoms with E-state index >= 15 is 4.39 Å². The van der Waals surface area contributed by atoms with E-state index in [9.17, 15) is 19.6 Å². The average molecular weight is 818 g/mol. The Labute approximate surface area is 347 Å². The van der Waals surface area contributed by atoms with Crippen LogP contribution in [-0.2, 0) is 11.8 Å². The second-order valence-corrected chi connectivity index (χ2v) is 17.1. The molecule has 5 aromatic rings. The third-order valence-electron chi connectivity index (χ3n) is 13.2. The first-order valence-corrected chi connectivity index (χ1v) is 21.2. The van der Waals surface area contributed by atoms with E-state index in [4.69, 9.17) is 11.6 Å². The molecule has 4 aliphatic rings. The SMILES string of the molecule is Cn1c(C2CCN(CC3CCN(c4ccc(C(=O)NC5CCN(c6ccc(Cl)c7c(C#N)c[nH]c67)CC5)c(F)c4)CC3)CC2)cc2ccc(N3CCC(=O)NC3=O)cc21. The van der Waals surface area contributed by atoms with Crippen LogP contribution in [0, 0.1) is 23.1 Å². The number of nitrogens with one attached hydrogen (secondary N) is 3. The maximum Gasteiger partial charge on any atom is 0.328 e. The van der Waals surface area contributed by atoms with Gasteiger partial charge < -0.3 is 29.6 Å². The summed E-state index contributed by atoms with van der Waals surface area (Å²) in [6.45, 7) is 6.70. The van der Waals surface area contributed by atoms with Crippen LogP contribution in [0.15, 0.2) is 60.8 Å². The number of likely N-dealkylation sites (tertiary alicyclic amines) is 1. The Balaban J connectivity index is 0.732. The van der Waals surface area contributed by atoms with E-state index in [2.05, 4.69) is 66.2 Å². The number of urea groups is 1. The topological polar surface area (TPSA) is 133 Å². The predicted octanol–water partition coefficient (Wildman–Crippen LogP) is 7.26. The maximum absolute atomic E-state index is 15.5. The lowest BCUT2D eigenvalue weighted by Gasteiger charge is -2.38. The Morgan fingerprint density at radius 1 is 0.898 bits per heavy atom. The number of nitrogens with zero attached hydrogens (tertiary/aromatic N) is 6. The Morgan fingerprint density at radius 3 is 2.37 bits per heavy atom. The third kappa shape index (κ3) is 7.72. The van der Waals surface area contributed by atoms with Crippen molar-refractivity contribution in [3.63, 3.8) is 0 Å². The summed E-state index contributed by atoms with van der Waals surface area (Å²) in [5, 5.41) is 17.4. The number of carbonyl (C=O) groups is 3. The molecule has 0 atom stereocenters. The van der Waals surface area contributed by atoms with Crippen molar-refractivity contribution < 1.29 is 18.8 Å². The van der Waals surface area contributed by atoms with Gasteiger partial charge in [0.05, 0.1) is 32.9 Å². The molecule has 12 nitrogen and oxygen atoms in total. The number of aryl methyl sites for hydroxylation is 1. The fourth-order valence-corrected chi connectivity index (χ4v) is 10.1. The van der Waals surface area contributed by atoms with Crippen LogP contribution in [0.1, 0.15) is 72.5 Å². The van der Waals surface area contributed by atoms with Gasteiger partial charge in [-0.25, -0.2) is 9.18 Å². The highest BCUT2D eigenvalue weighted by atomic mass is 35.5. The molecule has 306 valence electrons. The number of piperidine rings is 3. The molecule has 6 heterocycles. The summed E-state index contributed by atoms with van der Waals surface area (Å²) in [5.41, 5.74) is 6.44. The average Bonchev–Trinajstić information content (AvgIpc) is 3.83. The number of carbonyl (C=O) groups excluding carboxylic acids is 3. The molecular weight excluding hydrogens is 769 g/mol. The molecule has 0 aliphatic carbocycles. The largest absolute Gasteiger partial charge is 0.371 e. The van der Waals surface area contributed by atoms with Gasteiger partial charge in [0.15, 0.2) is 0 Å². The molecule has 0 bridgehead atoms. The Hall–Kier alpha value is -5.58. The van der Waals surface area contributed by atoms with E-state index in [-0.39, 0.29) is 29.5 Å². The van der Waals surface area contributed by atoms with Crippen LogP contribution in [0.4, 0.5) is 26.2 Å². The molecule has 59 heavy (non-hydrogen) atoms. The standard InChI is InChI=1S/C45H49ClFN9O3/c1-52-39(22-30-2-3-34(24-40(30)52)56-21-14-41(57)51-45(56)59)29-10-15-53(16-11-29)27-28-8-17-54(18-9-28)33-4-5-35(37(47)23-33)44(58)50-32-12-19-55(20-13-32)38-7-6-36(46)42-31(25-48)26-49-43(38)42/h2-7,22-24,26,28-29,32,49H,8-21,27H2,1H3,(H,50,58)(H,51,57,59). The first kappa shape index (κ1) is 38.9. The van der Waals surface area contributed by atoms with E-state index < -0.39 is 5.82 Å². The summed E-state index contributed by atoms with van der Waals surface area (Å²) in [6.07, 6.45) is 7.69. The highest BCUT2D eigenvalue weighted by Gasteiger charge is 2.30. The Bertz CT molecular complexity index is 2470. The van der Waals surface area contributed by atoms with Crippen molar-refractivity contribution in [1.82, 2.24) is 25.1 Å². The normalized spacial score (nSPS) is 19.1. The highest BCUT2D eigenvalue weighted by Crippen LogP contribution is 2.37. The van der Waals surface area contributed by atoms with Crippen LogP contribution in [0.3, 0.4) is 0 Å². The molecule has 0 saturated carbocycles. The molecular formula is C45H49ClFN9O3. The number of anilines is 3. The number of halogens is 2. The van der Waals surface area contributed by atoms with Gasteiger partial charge in [-0.3, -0.25) is 19.8 Å². The number of aromatic nitrogens is 2. The number of nitriles is 1.